The first-order valence-electron chi connectivity index (χ1n) is 6.65. The summed E-state index contributed by atoms with van der Waals surface area (Å²) in [6, 6.07) is 0.320. The lowest BCUT2D eigenvalue weighted by Crippen LogP contribution is -2.24. The van der Waals surface area contributed by atoms with Gasteiger partial charge in [-0.15, -0.1) is 0 Å². The fourth-order valence-electron chi connectivity index (χ4n) is 2.58. The van der Waals surface area contributed by atoms with Crippen LogP contribution in [-0.4, -0.2) is 25.8 Å². The van der Waals surface area contributed by atoms with Crippen molar-refractivity contribution in [3.8, 4) is 0 Å². The van der Waals surface area contributed by atoms with Crippen molar-refractivity contribution in [2.24, 2.45) is 5.92 Å². The minimum absolute atomic E-state index is 0.172. The molecule has 0 bridgehead atoms. The van der Waals surface area contributed by atoms with Crippen LogP contribution in [0.25, 0.3) is 0 Å². The lowest BCUT2D eigenvalue weighted by Gasteiger charge is -2.26. The van der Waals surface area contributed by atoms with Crippen molar-refractivity contribution in [3.63, 3.8) is 0 Å². The lowest BCUT2D eigenvalue weighted by atomic mass is 9.86. The molecule has 1 N–H and O–H groups in total. The average Bonchev–Trinajstić information content (AvgIpc) is 2.71. The van der Waals surface area contributed by atoms with E-state index in [1.165, 1.54) is 0 Å². The number of aliphatic carboxylic acids is 1. The smallest absolute Gasteiger partial charge is 0.306 e. The molecule has 1 saturated carbocycles. The first-order valence-corrected chi connectivity index (χ1v) is 6.65. The molecule has 5 nitrogen and oxygen atoms in total. The summed E-state index contributed by atoms with van der Waals surface area (Å²) in [6.45, 7) is 6.14. The monoisotopic (exact) mass is 251 g/mol. The molecule has 1 aliphatic carbocycles. The molecule has 0 saturated heterocycles. The largest absolute Gasteiger partial charge is 0.481 e. The predicted octanol–water partition coefficient (Wildman–Crippen LogP) is 2.53. The SMILES string of the molecule is Cc1nc(C(C)C)nn1C1CCC(C(=O)O)CC1. The van der Waals surface area contributed by atoms with Crippen LogP contribution in [0.5, 0.6) is 0 Å². The highest BCUT2D eigenvalue weighted by molar-refractivity contribution is 5.70. The van der Waals surface area contributed by atoms with E-state index in [2.05, 4.69) is 23.9 Å². The number of aryl methyl sites for hydroxylation is 1. The third-order valence-electron chi connectivity index (χ3n) is 3.73. The zero-order valence-corrected chi connectivity index (χ0v) is 11.3. The van der Waals surface area contributed by atoms with Crippen LogP contribution in [0.4, 0.5) is 0 Å². The lowest BCUT2D eigenvalue weighted by molar-refractivity contribution is -0.143. The van der Waals surface area contributed by atoms with Gasteiger partial charge in [-0.25, -0.2) is 9.67 Å². The van der Waals surface area contributed by atoms with E-state index in [0.29, 0.717) is 12.0 Å². The van der Waals surface area contributed by atoms with E-state index in [9.17, 15) is 4.79 Å². The van der Waals surface area contributed by atoms with Crippen molar-refractivity contribution in [1.82, 2.24) is 14.8 Å². The highest BCUT2D eigenvalue weighted by atomic mass is 16.4. The third kappa shape index (κ3) is 2.54. The Morgan fingerprint density at radius 1 is 1.33 bits per heavy atom. The van der Waals surface area contributed by atoms with Gasteiger partial charge in [-0.3, -0.25) is 4.79 Å². The van der Waals surface area contributed by atoms with Crippen molar-refractivity contribution in [2.45, 2.75) is 58.4 Å². The predicted molar refractivity (Wildman–Crippen MR) is 67.5 cm³/mol. The Balaban J connectivity index is 2.07. The number of rotatable bonds is 3. The number of hydrogen-bond donors (Lipinski definition) is 1. The molecule has 0 radical (unpaired) electrons. The summed E-state index contributed by atoms with van der Waals surface area (Å²) < 4.78 is 1.99. The summed E-state index contributed by atoms with van der Waals surface area (Å²) >= 11 is 0. The van der Waals surface area contributed by atoms with Gasteiger partial charge in [0.2, 0.25) is 0 Å². The van der Waals surface area contributed by atoms with E-state index >= 15 is 0 Å². The Morgan fingerprint density at radius 3 is 2.39 bits per heavy atom. The fraction of sp³-hybridized carbons (Fsp3) is 0.769. The molecule has 0 spiro atoms. The van der Waals surface area contributed by atoms with E-state index in [1.54, 1.807) is 0 Å². The maximum absolute atomic E-state index is 10.9. The standard InChI is InChI=1S/C13H21N3O2/c1-8(2)12-14-9(3)16(15-12)11-6-4-10(5-7-11)13(17)18/h8,10-11H,4-7H2,1-3H3,(H,17,18). The van der Waals surface area contributed by atoms with Crippen LogP contribution in [0, 0.1) is 12.8 Å². The Hall–Kier alpha value is -1.39. The second-order valence-electron chi connectivity index (χ2n) is 5.46. The van der Waals surface area contributed by atoms with Crippen molar-refractivity contribution in [3.05, 3.63) is 11.6 Å². The van der Waals surface area contributed by atoms with Gasteiger partial charge in [0.1, 0.15) is 5.82 Å². The third-order valence-corrected chi connectivity index (χ3v) is 3.73. The summed E-state index contributed by atoms with van der Waals surface area (Å²) in [6.07, 6.45) is 3.27. The molecule has 0 amide bonds. The zero-order chi connectivity index (χ0) is 13.3. The Bertz CT molecular complexity index is 431. The maximum atomic E-state index is 10.9. The van der Waals surface area contributed by atoms with Gasteiger partial charge >= 0.3 is 5.97 Å². The normalized spacial score (nSPS) is 24.4. The highest BCUT2D eigenvalue weighted by Crippen LogP contribution is 2.32. The molecule has 0 unspecified atom stereocenters. The highest BCUT2D eigenvalue weighted by Gasteiger charge is 2.28. The molecule has 1 aliphatic rings. The number of carbonyl (C=O) groups is 1. The van der Waals surface area contributed by atoms with Crippen molar-refractivity contribution >= 4 is 5.97 Å². The van der Waals surface area contributed by atoms with E-state index in [-0.39, 0.29) is 5.92 Å². The molecule has 1 aromatic heterocycles. The molecular formula is C13H21N3O2. The van der Waals surface area contributed by atoms with Crippen LogP contribution >= 0.6 is 0 Å². The molecule has 1 aromatic rings. The quantitative estimate of drug-likeness (QED) is 0.896. The van der Waals surface area contributed by atoms with Crippen LogP contribution in [0.15, 0.2) is 0 Å². The summed E-state index contributed by atoms with van der Waals surface area (Å²) in [4.78, 5) is 15.4. The van der Waals surface area contributed by atoms with E-state index in [0.717, 1.165) is 37.3 Å². The zero-order valence-electron chi connectivity index (χ0n) is 11.3. The molecule has 100 valence electrons. The summed E-state index contributed by atoms with van der Waals surface area (Å²) in [7, 11) is 0. The molecule has 1 fully saturated rings. The molecule has 0 aliphatic heterocycles. The number of carboxylic acids is 1. The Morgan fingerprint density at radius 2 is 1.94 bits per heavy atom. The van der Waals surface area contributed by atoms with Gasteiger partial charge in [0, 0.05) is 5.92 Å². The second-order valence-corrected chi connectivity index (χ2v) is 5.46. The van der Waals surface area contributed by atoms with Gasteiger partial charge in [0.25, 0.3) is 0 Å². The molecule has 18 heavy (non-hydrogen) atoms. The van der Waals surface area contributed by atoms with Crippen LogP contribution < -0.4 is 0 Å². The molecule has 0 aromatic carbocycles. The first kappa shape index (κ1) is 13.1. The maximum Gasteiger partial charge on any atom is 0.306 e. The van der Waals surface area contributed by atoms with Gasteiger partial charge in [-0.1, -0.05) is 13.8 Å². The number of nitrogens with zero attached hydrogens (tertiary/aromatic N) is 3. The topological polar surface area (TPSA) is 68.0 Å². The molecule has 0 atom stereocenters. The Kier molecular flexibility index (Phi) is 3.68. The van der Waals surface area contributed by atoms with Crippen LogP contribution in [-0.2, 0) is 4.79 Å². The molecule has 5 heteroatoms. The van der Waals surface area contributed by atoms with E-state index < -0.39 is 5.97 Å². The van der Waals surface area contributed by atoms with Gasteiger partial charge in [0.05, 0.1) is 12.0 Å². The van der Waals surface area contributed by atoms with E-state index in [1.807, 2.05) is 11.6 Å². The second kappa shape index (κ2) is 5.08. The van der Waals surface area contributed by atoms with Gasteiger partial charge < -0.3 is 5.11 Å². The van der Waals surface area contributed by atoms with Crippen molar-refractivity contribution < 1.29 is 9.90 Å². The molecule has 1 heterocycles. The van der Waals surface area contributed by atoms with E-state index in [4.69, 9.17) is 5.11 Å². The molecule has 2 rings (SSSR count). The van der Waals surface area contributed by atoms with Gasteiger partial charge in [0.15, 0.2) is 5.82 Å². The summed E-state index contributed by atoms with van der Waals surface area (Å²) in [5.41, 5.74) is 0. The number of hydrogen-bond acceptors (Lipinski definition) is 3. The average molecular weight is 251 g/mol. The van der Waals surface area contributed by atoms with Crippen molar-refractivity contribution in [1.29, 1.82) is 0 Å². The molecular weight excluding hydrogens is 230 g/mol. The van der Waals surface area contributed by atoms with Crippen LogP contribution in [0.1, 0.15) is 63.1 Å². The number of carboxylic acid groups (broad SMARTS) is 1. The summed E-state index contributed by atoms with van der Waals surface area (Å²) in [5.74, 6) is 1.33. The van der Waals surface area contributed by atoms with Gasteiger partial charge in [-0.05, 0) is 32.6 Å². The van der Waals surface area contributed by atoms with Crippen molar-refractivity contribution in [2.75, 3.05) is 0 Å². The summed E-state index contributed by atoms with van der Waals surface area (Å²) in [5, 5.41) is 13.6. The van der Waals surface area contributed by atoms with Crippen LogP contribution in [0.2, 0.25) is 0 Å². The minimum Gasteiger partial charge on any atom is -0.481 e. The number of aromatic nitrogens is 3. The Labute approximate surface area is 107 Å². The minimum atomic E-state index is -0.661. The first-order chi connectivity index (χ1) is 8.49. The van der Waals surface area contributed by atoms with Gasteiger partial charge in [-0.2, -0.15) is 5.10 Å². The van der Waals surface area contributed by atoms with Crippen LogP contribution in [0.3, 0.4) is 0 Å². The fourth-order valence-corrected chi connectivity index (χ4v) is 2.58.